The Morgan fingerprint density at radius 1 is 1.15 bits per heavy atom. The molecule has 0 unspecified atom stereocenters. The van der Waals surface area contributed by atoms with Gasteiger partial charge in [0.1, 0.15) is 17.1 Å². The van der Waals surface area contributed by atoms with Crippen LogP contribution >= 0.6 is 0 Å². The van der Waals surface area contributed by atoms with Crippen molar-refractivity contribution in [1.82, 2.24) is 25.1 Å². The lowest BCUT2D eigenvalue weighted by atomic mass is 10.0. The average Bonchev–Trinajstić information content (AvgIpc) is 2.72. The van der Waals surface area contributed by atoms with Gasteiger partial charge < -0.3 is 10.4 Å². The van der Waals surface area contributed by atoms with E-state index in [9.17, 15) is 32.3 Å². The number of carbonyl (C=O) groups is 1. The molecule has 0 fully saturated rings. The molecule has 0 aliphatic heterocycles. The minimum absolute atomic E-state index is 0.0684. The summed E-state index contributed by atoms with van der Waals surface area (Å²) in [6.07, 6.45) is -1.73. The minimum Gasteiger partial charge on any atom is -0.388 e. The van der Waals surface area contributed by atoms with Crippen LogP contribution in [-0.4, -0.2) is 42.4 Å². The second-order valence-electron chi connectivity index (χ2n) is 7.80. The summed E-state index contributed by atoms with van der Waals surface area (Å²) in [7, 11) is 0. The highest BCUT2D eigenvalue weighted by molar-refractivity contribution is 5.95. The third kappa shape index (κ3) is 5.40. The van der Waals surface area contributed by atoms with Crippen molar-refractivity contribution >= 4 is 5.91 Å². The van der Waals surface area contributed by atoms with Crippen molar-refractivity contribution in [3.05, 3.63) is 70.3 Å². The Bertz CT molecular complexity index is 1230. The molecule has 3 aromatic rings. The first-order chi connectivity index (χ1) is 15.3. The molecule has 1 atom stereocenters. The number of amides is 1. The molecule has 3 rings (SSSR count). The highest BCUT2D eigenvalue weighted by atomic mass is 19.4. The molecular weight excluding hydrogens is 446 g/mol. The van der Waals surface area contributed by atoms with Crippen LogP contribution < -0.4 is 10.9 Å². The lowest BCUT2D eigenvalue weighted by Crippen LogP contribution is -2.48. The van der Waals surface area contributed by atoms with Crippen molar-refractivity contribution in [3.8, 4) is 16.9 Å². The zero-order chi connectivity index (χ0) is 24.6. The molecule has 0 aromatic carbocycles. The summed E-state index contributed by atoms with van der Waals surface area (Å²) in [6.45, 7) is 4.44. The average molecular weight is 465 g/mol. The van der Waals surface area contributed by atoms with Crippen LogP contribution in [0.15, 0.2) is 47.7 Å². The molecule has 1 amide bonds. The quantitative estimate of drug-likeness (QED) is 0.561. The number of nitrogens with one attached hydrogen (secondary N) is 1. The number of rotatable bonds is 5. The molecular formula is C21H19F4N5O3. The first-order valence-electron chi connectivity index (χ1n) is 9.59. The van der Waals surface area contributed by atoms with E-state index in [1.54, 1.807) is 0 Å². The number of alkyl halides is 3. The molecule has 3 aromatic heterocycles. The fraction of sp³-hybridized carbons (Fsp3) is 0.286. The van der Waals surface area contributed by atoms with Gasteiger partial charge in [-0.1, -0.05) is 0 Å². The number of halogens is 4. The smallest absolute Gasteiger partial charge is 0.388 e. The molecule has 3 heterocycles. The predicted octanol–water partition coefficient (Wildman–Crippen LogP) is 2.74. The van der Waals surface area contributed by atoms with E-state index < -0.39 is 46.4 Å². The van der Waals surface area contributed by atoms with E-state index in [2.05, 4.69) is 20.4 Å². The lowest BCUT2D eigenvalue weighted by molar-refractivity contribution is -0.141. The Hall–Kier alpha value is -3.67. The SMILES string of the molecule is C[C@@H](NC(=O)c1cc(-c2ccc(C(F)(F)F)nc2)nn(-c2cncc(F)c2)c1=O)C(C)(C)O. The molecule has 0 radical (unpaired) electrons. The summed E-state index contributed by atoms with van der Waals surface area (Å²) in [5, 5.41) is 16.6. The summed E-state index contributed by atoms with van der Waals surface area (Å²) in [6, 6.07) is 3.09. The van der Waals surface area contributed by atoms with Crippen LogP contribution in [-0.2, 0) is 6.18 Å². The van der Waals surface area contributed by atoms with E-state index in [0.717, 1.165) is 42.9 Å². The van der Waals surface area contributed by atoms with Crippen molar-refractivity contribution in [3.63, 3.8) is 0 Å². The van der Waals surface area contributed by atoms with Crippen molar-refractivity contribution in [2.75, 3.05) is 0 Å². The van der Waals surface area contributed by atoms with Gasteiger partial charge in [0.25, 0.3) is 11.5 Å². The van der Waals surface area contributed by atoms with Gasteiger partial charge >= 0.3 is 6.18 Å². The topological polar surface area (TPSA) is 110 Å². The third-order valence-corrected chi connectivity index (χ3v) is 4.85. The largest absolute Gasteiger partial charge is 0.433 e. The summed E-state index contributed by atoms with van der Waals surface area (Å²) in [5.41, 5.74) is -3.90. The van der Waals surface area contributed by atoms with Crippen LogP contribution in [0.5, 0.6) is 0 Å². The lowest BCUT2D eigenvalue weighted by Gasteiger charge is -2.26. The molecule has 2 N–H and O–H groups in total. The summed E-state index contributed by atoms with van der Waals surface area (Å²) < 4.78 is 53.0. The van der Waals surface area contributed by atoms with E-state index in [-0.39, 0.29) is 16.9 Å². The molecule has 33 heavy (non-hydrogen) atoms. The van der Waals surface area contributed by atoms with Gasteiger partial charge in [-0.25, -0.2) is 4.39 Å². The molecule has 174 valence electrons. The fourth-order valence-electron chi connectivity index (χ4n) is 2.65. The molecule has 0 aliphatic carbocycles. The summed E-state index contributed by atoms with van der Waals surface area (Å²) >= 11 is 0. The first kappa shape index (κ1) is 24.0. The number of carbonyl (C=O) groups excluding carboxylic acids is 1. The molecule has 0 aliphatic rings. The highest BCUT2D eigenvalue weighted by Gasteiger charge is 2.32. The maximum absolute atomic E-state index is 13.7. The van der Waals surface area contributed by atoms with Gasteiger partial charge in [-0.2, -0.15) is 23.0 Å². The third-order valence-electron chi connectivity index (χ3n) is 4.85. The standard InChI is InChI=1S/C21H19F4N5O3/c1-11(20(2,3)33)28-18(31)15-7-16(12-4-5-17(27-8-12)21(23,24)25)29-30(19(15)32)14-6-13(22)9-26-10-14/h4-11,33H,1-3H3,(H,28,31)/t11-/m1/s1. The first-order valence-corrected chi connectivity index (χ1v) is 9.59. The van der Waals surface area contributed by atoms with E-state index in [4.69, 9.17) is 0 Å². The van der Waals surface area contributed by atoms with Gasteiger partial charge in [0.2, 0.25) is 0 Å². The van der Waals surface area contributed by atoms with Crippen LogP contribution in [0.2, 0.25) is 0 Å². The van der Waals surface area contributed by atoms with E-state index in [0.29, 0.717) is 4.68 Å². The van der Waals surface area contributed by atoms with E-state index in [1.165, 1.54) is 20.8 Å². The van der Waals surface area contributed by atoms with Crippen LogP contribution in [0.1, 0.15) is 36.8 Å². The second-order valence-corrected chi connectivity index (χ2v) is 7.80. The molecule has 0 bridgehead atoms. The van der Waals surface area contributed by atoms with Crippen molar-refractivity contribution < 1.29 is 27.5 Å². The fourth-order valence-corrected chi connectivity index (χ4v) is 2.65. The molecule has 0 spiro atoms. The Labute approximate surface area is 184 Å². The molecule has 0 saturated heterocycles. The number of hydrogen-bond acceptors (Lipinski definition) is 6. The Kier molecular flexibility index (Phi) is 6.32. The monoisotopic (exact) mass is 465 g/mol. The highest BCUT2D eigenvalue weighted by Crippen LogP contribution is 2.28. The number of aromatic nitrogens is 4. The number of hydrogen-bond donors (Lipinski definition) is 2. The number of nitrogens with zero attached hydrogens (tertiary/aromatic N) is 4. The second kappa shape index (κ2) is 8.70. The van der Waals surface area contributed by atoms with Crippen molar-refractivity contribution in [2.24, 2.45) is 0 Å². The van der Waals surface area contributed by atoms with Gasteiger partial charge in [0, 0.05) is 17.8 Å². The summed E-state index contributed by atoms with van der Waals surface area (Å²) in [5.74, 6) is -1.64. The summed E-state index contributed by atoms with van der Waals surface area (Å²) in [4.78, 5) is 32.8. The van der Waals surface area contributed by atoms with Crippen molar-refractivity contribution in [1.29, 1.82) is 0 Å². The van der Waals surface area contributed by atoms with Crippen LogP contribution in [0.25, 0.3) is 16.9 Å². The van der Waals surface area contributed by atoms with Crippen LogP contribution in [0, 0.1) is 5.82 Å². The van der Waals surface area contributed by atoms with E-state index in [1.807, 2.05) is 0 Å². The normalized spacial score (nSPS) is 13.0. The van der Waals surface area contributed by atoms with Gasteiger partial charge in [-0.3, -0.25) is 19.6 Å². The zero-order valence-corrected chi connectivity index (χ0v) is 17.7. The zero-order valence-electron chi connectivity index (χ0n) is 17.7. The maximum atomic E-state index is 13.7. The minimum atomic E-state index is -4.66. The van der Waals surface area contributed by atoms with Gasteiger partial charge in [0.05, 0.1) is 35.4 Å². The van der Waals surface area contributed by atoms with Crippen LogP contribution in [0.4, 0.5) is 17.6 Å². The van der Waals surface area contributed by atoms with Gasteiger partial charge in [0.15, 0.2) is 0 Å². The number of aliphatic hydroxyl groups is 1. The Balaban J connectivity index is 2.16. The van der Waals surface area contributed by atoms with Crippen molar-refractivity contribution in [2.45, 2.75) is 38.6 Å². The maximum Gasteiger partial charge on any atom is 0.433 e. The molecule has 8 nitrogen and oxygen atoms in total. The molecule has 12 heteroatoms. The van der Waals surface area contributed by atoms with Gasteiger partial charge in [-0.15, -0.1) is 0 Å². The number of pyridine rings is 2. The predicted molar refractivity (Wildman–Crippen MR) is 109 cm³/mol. The van der Waals surface area contributed by atoms with E-state index >= 15 is 0 Å². The Morgan fingerprint density at radius 2 is 1.85 bits per heavy atom. The molecule has 0 saturated carbocycles. The Morgan fingerprint density at radius 3 is 2.39 bits per heavy atom. The van der Waals surface area contributed by atoms with Crippen LogP contribution in [0.3, 0.4) is 0 Å². The van der Waals surface area contributed by atoms with Gasteiger partial charge in [-0.05, 0) is 39.0 Å².